The van der Waals surface area contributed by atoms with Crippen LogP contribution in [0.5, 0.6) is 11.5 Å². The van der Waals surface area contributed by atoms with E-state index >= 15 is 0 Å². The van der Waals surface area contributed by atoms with Gasteiger partial charge in [-0.15, -0.1) is 0 Å². The van der Waals surface area contributed by atoms with E-state index in [9.17, 15) is 4.79 Å². The number of nitrogens with zero attached hydrogens (tertiary/aromatic N) is 3. The third-order valence-corrected chi connectivity index (χ3v) is 4.70. The molecule has 1 aromatic heterocycles. The van der Waals surface area contributed by atoms with Crippen molar-refractivity contribution in [1.29, 1.82) is 0 Å². The summed E-state index contributed by atoms with van der Waals surface area (Å²) < 4.78 is 16.1. The van der Waals surface area contributed by atoms with Crippen LogP contribution in [0.1, 0.15) is 16.8 Å². The van der Waals surface area contributed by atoms with Gasteiger partial charge in [-0.05, 0) is 30.7 Å². The number of anilines is 1. The zero-order valence-corrected chi connectivity index (χ0v) is 14.4. The van der Waals surface area contributed by atoms with Gasteiger partial charge in [0.2, 0.25) is 6.79 Å². The molecule has 2 aliphatic rings. The second kappa shape index (κ2) is 7.17. The second-order valence-electron chi connectivity index (χ2n) is 6.25. The highest BCUT2D eigenvalue weighted by molar-refractivity contribution is 5.95. The van der Waals surface area contributed by atoms with Crippen LogP contribution in [0.25, 0.3) is 0 Å². The first kappa shape index (κ1) is 16.6. The SMILES string of the molecule is CO[C@@H]1C[C@H](CNC(=O)c2ccc3c(c2)OCO3)N(c2ccncn2)C1. The van der Waals surface area contributed by atoms with Crippen molar-refractivity contribution in [3.63, 3.8) is 0 Å². The second-order valence-corrected chi connectivity index (χ2v) is 6.25. The molecule has 0 unspecified atom stereocenters. The Hall–Kier alpha value is -2.87. The van der Waals surface area contributed by atoms with Crippen molar-refractivity contribution < 1.29 is 19.0 Å². The van der Waals surface area contributed by atoms with E-state index in [2.05, 4.69) is 20.2 Å². The molecule has 2 aliphatic heterocycles. The van der Waals surface area contributed by atoms with Crippen LogP contribution in [0, 0.1) is 0 Å². The molecule has 0 bridgehead atoms. The van der Waals surface area contributed by atoms with Crippen molar-refractivity contribution >= 4 is 11.7 Å². The molecule has 2 aromatic rings. The third kappa shape index (κ3) is 3.28. The largest absolute Gasteiger partial charge is 0.454 e. The standard InChI is InChI=1S/C18H20N4O4/c1-24-14-7-13(22(9-14)17-4-5-19-10-21-17)8-20-18(23)12-2-3-15-16(6-12)26-11-25-15/h2-6,10,13-14H,7-9,11H2,1H3,(H,20,23)/t13-,14-/m1/s1. The Morgan fingerprint density at radius 3 is 3.04 bits per heavy atom. The molecule has 136 valence electrons. The molecular formula is C18H20N4O4. The molecule has 8 nitrogen and oxygen atoms in total. The highest BCUT2D eigenvalue weighted by atomic mass is 16.7. The number of aromatic nitrogens is 2. The van der Waals surface area contributed by atoms with E-state index < -0.39 is 0 Å². The fourth-order valence-corrected chi connectivity index (χ4v) is 3.32. The Kier molecular flexibility index (Phi) is 4.57. The van der Waals surface area contributed by atoms with Gasteiger partial charge in [-0.1, -0.05) is 0 Å². The van der Waals surface area contributed by atoms with Crippen LogP contribution in [-0.4, -0.2) is 55.0 Å². The van der Waals surface area contributed by atoms with Gasteiger partial charge in [0.1, 0.15) is 12.1 Å². The lowest BCUT2D eigenvalue weighted by molar-refractivity contribution is 0.0946. The van der Waals surface area contributed by atoms with Crippen LogP contribution < -0.4 is 19.7 Å². The molecule has 1 saturated heterocycles. The number of hydrogen-bond donors (Lipinski definition) is 1. The van der Waals surface area contributed by atoms with Gasteiger partial charge in [0.25, 0.3) is 5.91 Å². The maximum absolute atomic E-state index is 12.5. The lowest BCUT2D eigenvalue weighted by Crippen LogP contribution is -2.40. The number of carbonyl (C=O) groups is 1. The first-order valence-corrected chi connectivity index (χ1v) is 8.48. The smallest absolute Gasteiger partial charge is 0.251 e. The highest BCUT2D eigenvalue weighted by Gasteiger charge is 2.33. The predicted octanol–water partition coefficient (Wildman–Crippen LogP) is 1.23. The average Bonchev–Trinajstić information content (AvgIpc) is 3.32. The first-order valence-electron chi connectivity index (χ1n) is 8.48. The van der Waals surface area contributed by atoms with Crippen molar-refractivity contribution in [2.24, 2.45) is 0 Å². The Bertz CT molecular complexity index is 786. The number of ether oxygens (including phenoxy) is 3. The first-order chi connectivity index (χ1) is 12.7. The van der Waals surface area contributed by atoms with Crippen molar-refractivity contribution in [3.05, 3.63) is 42.4 Å². The summed E-state index contributed by atoms with van der Waals surface area (Å²) in [6, 6.07) is 7.16. The quantitative estimate of drug-likeness (QED) is 0.862. The van der Waals surface area contributed by atoms with E-state index in [0.717, 1.165) is 18.8 Å². The Balaban J connectivity index is 1.43. The van der Waals surface area contributed by atoms with E-state index in [1.54, 1.807) is 31.5 Å². The molecule has 0 aliphatic carbocycles. The van der Waals surface area contributed by atoms with Crippen molar-refractivity contribution in [3.8, 4) is 11.5 Å². The summed E-state index contributed by atoms with van der Waals surface area (Å²) in [5.74, 6) is 1.95. The lowest BCUT2D eigenvalue weighted by atomic mass is 10.1. The monoisotopic (exact) mass is 356 g/mol. The molecule has 1 fully saturated rings. The summed E-state index contributed by atoms with van der Waals surface area (Å²) in [5.41, 5.74) is 0.545. The van der Waals surface area contributed by atoms with Crippen LogP contribution in [0.15, 0.2) is 36.8 Å². The maximum atomic E-state index is 12.5. The van der Waals surface area contributed by atoms with E-state index in [1.165, 1.54) is 6.33 Å². The normalized spacial score (nSPS) is 21.0. The molecule has 2 atom stereocenters. The molecule has 0 spiro atoms. The number of benzene rings is 1. The van der Waals surface area contributed by atoms with Gasteiger partial charge in [0, 0.05) is 32.0 Å². The van der Waals surface area contributed by atoms with Crippen molar-refractivity contribution in [2.45, 2.75) is 18.6 Å². The molecule has 1 aromatic carbocycles. The zero-order valence-electron chi connectivity index (χ0n) is 14.4. The minimum atomic E-state index is -0.146. The highest BCUT2D eigenvalue weighted by Crippen LogP contribution is 2.32. The zero-order chi connectivity index (χ0) is 17.9. The number of hydrogen-bond acceptors (Lipinski definition) is 7. The van der Waals surface area contributed by atoms with Crippen LogP contribution in [0.4, 0.5) is 5.82 Å². The number of methoxy groups -OCH3 is 1. The topological polar surface area (TPSA) is 85.8 Å². The molecule has 1 N–H and O–H groups in total. The molecule has 8 heteroatoms. The van der Waals surface area contributed by atoms with Gasteiger partial charge >= 0.3 is 0 Å². The summed E-state index contributed by atoms with van der Waals surface area (Å²) in [4.78, 5) is 22.9. The van der Waals surface area contributed by atoms with Crippen molar-refractivity contribution in [1.82, 2.24) is 15.3 Å². The molecule has 1 amide bonds. The van der Waals surface area contributed by atoms with E-state index in [1.807, 2.05) is 6.07 Å². The molecule has 4 rings (SSSR count). The lowest BCUT2D eigenvalue weighted by Gasteiger charge is -2.25. The number of rotatable bonds is 5. The summed E-state index contributed by atoms with van der Waals surface area (Å²) in [6.45, 7) is 1.42. The Labute approximate surface area is 151 Å². The number of carbonyl (C=O) groups excluding carboxylic acids is 1. The summed E-state index contributed by atoms with van der Waals surface area (Å²) >= 11 is 0. The number of amides is 1. The van der Waals surface area contributed by atoms with Gasteiger partial charge in [0.05, 0.1) is 12.1 Å². The molecular weight excluding hydrogens is 336 g/mol. The third-order valence-electron chi connectivity index (χ3n) is 4.70. The fourth-order valence-electron chi connectivity index (χ4n) is 3.32. The Morgan fingerprint density at radius 2 is 2.23 bits per heavy atom. The molecule has 0 saturated carbocycles. The van der Waals surface area contributed by atoms with Crippen LogP contribution >= 0.6 is 0 Å². The minimum absolute atomic E-state index is 0.104. The van der Waals surface area contributed by atoms with Crippen LogP contribution in [0.2, 0.25) is 0 Å². The van der Waals surface area contributed by atoms with Crippen LogP contribution in [0.3, 0.4) is 0 Å². The number of fused-ring (bicyclic) bond motifs is 1. The van der Waals surface area contributed by atoms with E-state index in [0.29, 0.717) is 23.6 Å². The van der Waals surface area contributed by atoms with E-state index in [-0.39, 0.29) is 24.8 Å². The molecule has 0 radical (unpaired) electrons. The predicted molar refractivity (Wildman–Crippen MR) is 93.5 cm³/mol. The van der Waals surface area contributed by atoms with E-state index in [4.69, 9.17) is 14.2 Å². The van der Waals surface area contributed by atoms with Gasteiger partial charge < -0.3 is 24.4 Å². The average molecular weight is 356 g/mol. The Morgan fingerprint density at radius 1 is 1.35 bits per heavy atom. The number of nitrogens with one attached hydrogen (secondary N) is 1. The van der Waals surface area contributed by atoms with Gasteiger partial charge in [0.15, 0.2) is 11.5 Å². The fraction of sp³-hybridized carbons (Fsp3) is 0.389. The summed E-state index contributed by atoms with van der Waals surface area (Å²) in [5, 5.41) is 3.00. The summed E-state index contributed by atoms with van der Waals surface area (Å²) in [6.07, 6.45) is 4.17. The van der Waals surface area contributed by atoms with Crippen molar-refractivity contribution in [2.75, 3.05) is 31.9 Å². The van der Waals surface area contributed by atoms with Gasteiger partial charge in [-0.3, -0.25) is 4.79 Å². The minimum Gasteiger partial charge on any atom is -0.454 e. The maximum Gasteiger partial charge on any atom is 0.251 e. The van der Waals surface area contributed by atoms with Crippen LogP contribution in [-0.2, 0) is 4.74 Å². The van der Waals surface area contributed by atoms with Gasteiger partial charge in [-0.2, -0.15) is 0 Å². The van der Waals surface area contributed by atoms with Gasteiger partial charge in [-0.25, -0.2) is 9.97 Å². The summed E-state index contributed by atoms with van der Waals surface area (Å²) in [7, 11) is 1.70. The molecule has 3 heterocycles. The molecule has 26 heavy (non-hydrogen) atoms.